The minimum atomic E-state index is -0.466. The first-order valence-corrected chi connectivity index (χ1v) is 9.12. The molecule has 1 amide bonds. The molecule has 2 N–H and O–H groups in total. The van der Waals surface area contributed by atoms with Gasteiger partial charge in [0.1, 0.15) is 16.9 Å². The number of aromatic nitrogens is 4. The summed E-state index contributed by atoms with van der Waals surface area (Å²) in [6, 6.07) is 3.93. The van der Waals surface area contributed by atoms with Crippen molar-refractivity contribution in [1.82, 2.24) is 24.4 Å². The fourth-order valence-corrected chi connectivity index (χ4v) is 3.39. The van der Waals surface area contributed by atoms with Crippen molar-refractivity contribution in [3.63, 3.8) is 0 Å². The van der Waals surface area contributed by atoms with Crippen LogP contribution in [0.5, 0.6) is 0 Å². The van der Waals surface area contributed by atoms with Crippen molar-refractivity contribution in [2.24, 2.45) is 14.1 Å². The molecule has 9 heteroatoms. The number of carbonyl (C=O) groups is 1. The van der Waals surface area contributed by atoms with E-state index in [9.17, 15) is 14.4 Å². The number of carbonyl (C=O) groups excluding carboxylic acids is 1. The van der Waals surface area contributed by atoms with Crippen LogP contribution in [-0.4, -0.2) is 25.0 Å². The molecule has 0 saturated carbocycles. The number of aryl methyl sites for hydroxylation is 4. The van der Waals surface area contributed by atoms with E-state index < -0.39 is 11.2 Å². The number of hydrogen-bond acceptors (Lipinski definition) is 5. The Morgan fingerprint density at radius 2 is 1.83 bits per heavy atom. The first-order valence-electron chi connectivity index (χ1n) is 9.12. The van der Waals surface area contributed by atoms with Crippen LogP contribution in [0.15, 0.2) is 26.1 Å². The molecule has 0 unspecified atom stereocenters. The van der Waals surface area contributed by atoms with Gasteiger partial charge in [-0.2, -0.15) is 0 Å². The minimum Gasteiger partial charge on any atom is -0.451 e. The fraction of sp³-hybridized carbons (Fsp3) is 0.300. The van der Waals surface area contributed by atoms with E-state index >= 15 is 0 Å². The number of furan rings is 1. The molecule has 3 aromatic heterocycles. The monoisotopic (exact) mass is 395 g/mol. The van der Waals surface area contributed by atoms with Crippen LogP contribution in [0.3, 0.4) is 0 Å². The molecule has 0 aliphatic carbocycles. The number of imidazole rings is 1. The third kappa shape index (κ3) is 2.86. The van der Waals surface area contributed by atoms with Crippen LogP contribution in [0.1, 0.15) is 33.1 Å². The van der Waals surface area contributed by atoms with Gasteiger partial charge in [0.15, 0.2) is 11.4 Å². The van der Waals surface area contributed by atoms with Gasteiger partial charge in [0.25, 0.3) is 11.5 Å². The van der Waals surface area contributed by atoms with Gasteiger partial charge in [-0.1, -0.05) is 0 Å². The Hall–Kier alpha value is -3.62. The topological polar surface area (TPSA) is 115 Å². The van der Waals surface area contributed by atoms with E-state index in [1.807, 2.05) is 32.9 Å². The lowest BCUT2D eigenvalue weighted by Gasteiger charge is -2.01. The van der Waals surface area contributed by atoms with E-state index in [0.29, 0.717) is 11.4 Å². The number of benzene rings is 1. The highest BCUT2D eigenvalue weighted by atomic mass is 16.3. The largest absolute Gasteiger partial charge is 0.451 e. The Bertz CT molecular complexity index is 1420. The van der Waals surface area contributed by atoms with Gasteiger partial charge < -0.3 is 14.7 Å². The number of hydrogen-bond donors (Lipinski definition) is 2. The minimum absolute atomic E-state index is 0.0550. The second kappa shape index (κ2) is 6.47. The lowest BCUT2D eigenvalue weighted by atomic mass is 10.1. The highest BCUT2D eigenvalue weighted by molar-refractivity contribution is 5.99. The van der Waals surface area contributed by atoms with E-state index in [-0.39, 0.29) is 29.4 Å². The van der Waals surface area contributed by atoms with Gasteiger partial charge in [-0.25, -0.2) is 9.78 Å². The Labute approximate surface area is 165 Å². The van der Waals surface area contributed by atoms with E-state index in [1.165, 1.54) is 18.7 Å². The van der Waals surface area contributed by atoms with Gasteiger partial charge in [-0.15, -0.1) is 0 Å². The number of amides is 1. The van der Waals surface area contributed by atoms with Crippen LogP contribution in [0, 0.1) is 20.8 Å². The third-order valence-corrected chi connectivity index (χ3v) is 5.32. The van der Waals surface area contributed by atoms with Crippen molar-refractivity contribution >= 4 is 28.0 Å². The van der Waals surface area contributed by atoms with E-state index in [0.717, 1.165) is 26.6 Å². The predicted octanol–water partition coefficient (Wildman–Crippen LogP) is 1.56. The number of aromatic amines is 1. The van der Waals surface area contributed by atoms with Gasteiger partial charge in [0.05, 0.1) is 6.54 Å². The molecule has 4 aromatic rings. The van der Waals surface area contributed by atoms with E-state index in [1.54, 1.807) is 0 Å². The van der Waals surface area contributed by atoms with Crippen LogP contribution in [0.4, 0.5) is 0 Å². The molecule has 29 heavy (non-hydrogen) atoms. The summed E-state index contributed by atoms with van der Waals surface area (Å²) < 4.78 is 8.06. The molecule has 0 radical (unpaired) electrons. The zero-order valence-electron chi connectivity index (χ0n) is 16.8. The molecule has 0 bridgehead atoms. The smallest absolute Gasteiger partial charge is 0.332 e. The standard InChI is InChI=1S/C20H21N5O4/c1-9-6-12-11(3)16(29-13(12)7-10(9)2)18(26)21-8-14-22-15-17(23-14)24(4)20(28)25(5)19(15)27/h6-7H,8H2,1-5H3,(H,21,26)(H,22,23). The Kier molecular flexibility index (Phi) is 4.18. The Morgan fingerprint density at radius 1 is 1.14 bits per heavy atom. The zero-order valence-corrected chi connectivity index (χ0v) is 16.8. The lowest BCUT2D eigenvalue weighted by Crippen LogP contribution is -2.36. The first-order chi connectivity index (χ1) is 13.7. The molecule has 0 aliphatic heterocycles. The number of fused-ring (bicyclic) bond motifs is 2. The first kappa shape index (κ1) is 18.7. The summed E-state index contributed by atoms with van der Waals surface area (Å²) in [5, 5.41) is 3.66. The number of H-pyrrole nitrogens is 1. The second-order valence-corrected chi connectivity index (χ2v) is 7.26. The summed E-state index contributed by atoms with van der Waals surface area (Å²) in [7, 11) is 2.94. The molecule has 3 heterocycles. The maximum absolute atomic E-state index is 12.7. The van der Waals surface area contributed by atoms with Crippen molar-refractivity contribution in [1.29, 1.82) is 0 Å². The summed E-state index contributed by atoms with van der Waals surface area (Å²) in [6.07, 6.45) is 0. The van der Waals surface area contributed by atoms with Crippen molar-refractivity contribution in [2.45, 2.75) is 27.3 Å². The summed E-state index contributed by atoms with van der Waals surface area (Å²) in [4.78, 5) is 44.1. The number of rotatable bonds is 3. The van der Waals surface area contributed by atoms with Crippen LogP contribution < -0.4 is 16.6 Å². The molecule has 0 spiro atoms. The van der Waals surface area contributed by atoms with Gasteiger partial charge in [0.2, 0.25) is 0 Å². The van der Waals surface area contributed by atoms with Crippen molar-refractivity contribution in [2.75, 3.05) is 0 Å². The number of nitrogens with one attached hydrogen (secondary N) is 2. The molecule has 150 valence electrons. The molecule has 0 fully saturated rings. The average molecular weight is 395 g/mol. The van der Waals surface area contributed by atoms with Crippen LogP contribution in [0.2, 0.25) is 0 Å². The average Bonchev–Trinajstić information content (AvgIpc) is 3.26. The summed E-state index contributed by atoms with van der Waals surface area (Å²) in [5.41, 5.74) is 3.17. The summed E-state index contributed by atoms with van der Waals surface area (Å²) in [6.45, 7) is 5.90. The summed E-state index contributed by atoms with van der Waals surface area (Å²) >= 11 is 0. The number of nitrogens with zero attached hydrogens (tertiary/aromatic N) is 3. The van der Waals surface area contributed by atoms with Gasteiger partial charge in [-0.3, -0.25) is 18.7 Å². The molecule has 1 aromatic carbocycles. The second-order valence-electron chi connectivity index (χ2n) is 7.26. The molecule has 0 saturated heterocycles. The van der Waals surface area contributed by atoms with Crippen molar-refractivity contribution in [3.05, 3.63) is 61.2 Å². The SMILES string of the molecule is Cc1cc2oc(C(=O)NCc3nc4c([nH]3)c(=O)n(C)c(=O)n4C)c(C)c2cc1C. The third-order valence-electron chi connectivity index (χ3n) is 5.32. The molecule has 0 aliphatic rings. The highest BCUT2D eigenvalue weighted by Gasteiger charge is 2.19. The maximum atomic E-state index is 12.7. The van der Waals surface area contributed by atoms with Crippen LogP contribution in [-0.2, 0) is 20.6 Å². The van der Waals surface area contributed by atoms with Crippen LogP contribution in [0.25, 0.3) is 22.1 Å². The fourth-order valence-electron chi connectivity index (χ4n) is 3.39. The van der Waals surface area contributed by atoms with E-state index in [2.05, 4.69) is 15.3 Å². The Balaban J connectivity index is 1.64. The Morgan fingerprint density at radius 3 is 2.55 bits per heavy atom. The quantitative estimate of drug-likeness (QED) is 0.546. The molecular formula is C20H21N5O4. The molecular weight excluding hydrogens is 374 g/mol. The normalized spacial score (nSPS) is 11.5. The highest BCUT2D eigenvalue weighted by Crippen LogP contribution is 2.28. The molecule has 4 rings (SSSR count). The van der Waals surface area contributed by atoms with Gasteiger partial charge >= 0.3 is 5.69 Å². The summed E-state index contributed by atoms with van der Waals surface area (Å²) in [5.74, 6) is 0.229. The van der Waals surface area contributed by atoms with E-state index in [4.69, 9.17) is 4.42 Å². The van der Waals surface area contributed by atoms with Crippen molar-refractivity contribution < 1.29 is 9.21 Å². The van der Waals surface area contributed by atoms with Gasteiger partial charge in [0, 0.05) is 25.0 Å². The molecule has 9 nitrogen and oxygen atoms in total. The molecule has 0 atom stereocenters. The van der Waals surface area contributed by atoms with Crippen molar-refractivity contribution in [3.8, 4) is 0 Å². The lowest BCUT2D eigenvalue weighted by molar-refractivity contribution is 0.0923. The van der Waals surface area contributed by atoms with Gasteiger partial charge in [-0.05, 0) is 44.0 Å². The predicted molar refractivity (Wildman–Crippen MR) is 108 cm³/mol. The zero-order chi connectivity index (χ0) is 21.0. The van der Waals surface area contributed by atoms with Crippen LogP contribution >= 0.6 is 0 Å². The maximum Gasteiger partial charge on any atom is 0.332 e.